The number of benzene rings is 1. The van der Waals surface area contributed by atoms with Crippen molar-refractivity contribution in [2.24, 2.45) is 7.05 Å². The van der Waals surface area contributed by atoms with Crippen molar-refractivity contribution in [2.75, 3.05) is 4.72 Å². The maximum Gasteiger partial charge on any atom is 0.266 e. The predicted molar refractivity (Wildman–Crippen MR) is 73.6 cm³/mol. The Morgan fingerprint density at radius 2 is 2.20 bits per heavy atom. The number of hydrogen-bond acceptors (Lipinski definition) is 5. The molecule has 3 aromatic rings. The predicted octanol–water partition coefficient (Wildman–Crippen LogP) is 1.97. The van der Waals surface area contributed by atoms with E-state index in [1.807, 2.05) is 0 Å². The van der Waals surface area contributed by atoms with Crippen molar-refractivity contribution in [1.29, 1.82) is 0 Å². The van der Waals surface area contributed by atoms with Crippen LogP contribution < -0.4 is 4.72 Å². The third kappa shape index (κ3) is 2.14. The molecule has 0 fully saturated rings. The van der Waals surface area contributed by atoms with E-state index in [1.54, 1.807) is 12.4 Å². The molecule has 0 bridgehead atoms. The van der Waals surface area contributed by atoms with Gasteiger partial charge in [0.05, 0.1) is 11.7 Å². The van der Waals surface area contributed by atoms with Gasteiger partial charge in [-0.15, -0.1) is 11.3 Å². The van der Waals surface area contributed by atoms with Gasteiger partial charge in [0.2, 0.25) is 0 Å². The van der Waals surface area contributed by atoms with Crippen LogP contribution in [0.5, 0.6) is 0 Å². The Kier molecular flexibility index (Phi) is 2.94. The number of aromatic nitrogens is 3. The number of fused-ring (bicyclic) bond motifs is 1. The van der Waals surface area contributed by atoms with Gasteiger partial charge in [-0.3, -0.25) is 9.40 Å². The number of sulfonamides is 1. The topological polar surface area (TPSA) is 76.9 Å². The molecule has 0 saturated carbocycles. The molecule has 0 amide bonds. The molecule has 2 aromatic heterocycles. The zero-order valence-corrected chi connectivity index (χ0v) is 11.9. The molecule has 2 heterocycles. The van der Waals surface area contributed by atoms with Crippen LogP contribution in [-0.4, -0.2) is 23.2 Å². The van der Waals surface area contributed by atoms with E-state index in [1.165, 1.54) is 23.1 Å². The van der Waals surface area contributed by atoms with Gasteiger partial charge < -0.3 is 0 Å². The molecule has 0 aliphatic rings. The first kappa shape index (κ1) is 13.0. The average molecular weight is 312 g/mol. The Balaban J connectivity index is 2.11. The summed E-state index contributed by atoms with van der Waals surface area (Å²) < 4.78 is 42.1. The molecule has 6 nitrogen and oxygen atoms in total. The van der Waals surface area contributed by atoms with Crippen LogP contribution in [0.2, 0.25) is 0 Å². The Hall–Kier alpha value is -2.00. The van der Waals surface area contributed by atoms with Crippen molar-refractivity contribution in [3.8, 4) is 0 Å². The molecule has 104 valence electrons. The number of thiazole rings is 1. The van der Waals surface area contributed by atoms with Gasteiger partial charge in [0.1, 0.15) is 10.7 Å². The lowest BCUT2D eigenvalue weighted by Crippen LogP contribution is -2.14. The summed E-state index contributed by atoms with van der Waals surface area (Å²) in [7, 11) is -2.35. The normalized spacial score (nSPS) is 11.9. The lowest BCUT2D eigenvalue weighted by Gasteiger charge is -2.06. The maximum atomic E-state index is 14.0. The summed E-state index contributed by atoms with van der Waals surface area (Å²) in [6.07, 6.45) is 2.94. The van der Waals surface area contributed by atoms with E-state index in [9.17, 15) is 12.8 Å². The van der Waals surface area contributed by atoms with Gasteiger partial charge in [-0.1, -0.05) is 0 Å². The van der Waals surface area contributed by atoms with Crippen LogP contribution >= 0.6 is 11.3 Å². The summed E-state index contributed by atoms with van der Waals surface area (Å²) in [6.45, 7) is 0. The summed E-state index contributed by atoms with van der Waals surface area (Å²) in [5.74, 6) is -0.829. The summed E-state index contributed by atoms with van der Waals surface area (Å²) in [5, 5.41) is 6.32. The van der Waals surface area contributed by atoms with Crippen molar-refractivity contribution < 1.29 is 12.8 Å². The van der Waals surface area contributed by atoms with Crippen molar-refractivity contribution >= 4 is 37.4 Å². The van der Waals surface area contributed by atoms with E-state index >= 15 is 0 Å². The van der Waals surface area contributed by atoms with Crippen molar-refractivity contribution in [3.63, 3.8) is 0 Å². The standard InChI is InChI=1S/C11H9FN4O2S2/c1-16-9-5-8(12)10(4-7(9)6-14-16)20(17,18)15-11-13-2-3-19-11/h2-6H,1H3,(H,13,15). The first-order valence-electron chi connectivity index (χ1n) is 5.51. The molecule has 0 unspecified atom stereocenters. The molecular weight excluding hydrogens is 303 g/mol. The zero-order valence-electron chi connectivity index (χ0n) is 10.2. The number of anilines is 1. The second kappa shape index (κ2) is 4.53. The molecule has 0 radical (unpaired) electrons. The molecule has 0 saturated heterocycles. The number of hydrogen-bond donors (Lipinski definition) is 1. The van der Waals surface area contributed by atoms with Gasteiger partial charge in [0.25, 0.3) is 10.0 Å². The Labute approximate surface area is 117 Å². The van der Waals surface area contributed by atoms with Crippen molar-refractivity contribution in [2.45, 2.75) is 4.90 Å². The molecule has 9 heteroatoms. The highest BCUT2D eigenvalue weighted by atomic mass is 32.2. The first-order chi connectivity index (χ1) is 9.47. The lowest BCUT2D eigenvalue weighted by molar-refractivity contribution is 0.571. The molecule has 3 rings (SSSR count). The molecule has 20 heavy (non-hydrogen) atoms. The van der Waals surface area contributed by atoms with Crippen LogP contribution in [0.4, 0.5) is 9.52 Å². The van der Waals surface area contributed by atoms with Gasteiger partial charge in [0.15, 0.2) is 5.13 Å². The second-order valence-corrected chi connectivity index (χ2v) is 6.60. The Bertz CT molecular complexity index is 871. The quantitative estimate of drug-likeness (QED) is 0.802. The smallest absolute Gasteiger partial charge is 0.266 e. The molecule has 1 N–H and O–H groups in total. The maximum absolute atomic E-state index is 14.0. The van der Waals surface area contributed by atoms with Crippen LogP contribution in [0.25, 0.3) is 10.9 Å². The summed E-state index contributed by atoms with van der Waals surface area (Å²) in [5.41, 5.74) is 0.524. The van der Waals surface area contributed by atoms with Crippen LogP contribution in [0.3, 0.4) is 0 Å². The fourth-order valence-electron chi connectivity index (χ4n) is 1.80. The van der Waals surface area contributed by atoms with Crippen molar-refractivity contribution in [1.82, 2.24) is 14.8 Å². The van der Waals surface area contributed by atoms with Crippen LogP contribution in [0.15, 0.2) is 34.8 Å². The number of nitrogens with zero attached hydrogens (tertiary/aromatic N) is 3. The second-order valence-electron chi connectivity index (χ2n) is 4.05. The third-order valence-corrected chi connectivity index (χ3v) is 4.92. The lowest BCUT2D eigenvalue weighted by atomic mass is 10.2. The monoisotopic (exact) mass is 312 g/mol. The number of rotatable bonds is 3. The minimum Gasteiger partial charge on any atom is -0.268 e. The summed E-state index contributed by atoms with van der Waals surface area (Å²) >= 11 is 1.12. The van der Waals surface area contributed by atoms with E-state index < -0.39 is 20.7 Å². The number of halogens is 1. The van der Waals surface area contributed by atoms with E-state index in [-0.39, 0.29) is 5.13 Å². The largest absolute Gasteiger partial charge is 0.268 e. The number of nitrogens with one attached hydrogen (secondary N) is 1. The summed E-state index contributed by atoms with van der Waals surface area (Å²) in [4.78, 5) is 3.39. The molecule has 1 aromatic carbocycles. The molecule has 0 spiro atoms. The average Bonchev–Trinajstić information content (AvgIpc) is 2.99. The zero-order chi connectivity index (χ0) is 14.3. The highest BCUT2D eigenvalue weighted by molar-refractivity contribution is 7.93. The van der Waals surface area contributed by atoms with E-state index in [4.69, 9.17) is 0 Å². The van der Waals surface area contributed by atoms with Gasteiger partial charge in [-0.25, -0.2) is 17.8 Å². The Morgan fingerprint density at radius 3 is 2.90 bits per heavy atom. The fourth-order valence-corrected chi connectivity index (χ4v) is 3.69. The summed E-state index contributed by atoms with van der Waals surface area (Å²) in [6, 6.07) is 2.41. The minimum absolute atomic E-state index is 0.190. The first-order valence-corrected chi connectivity index (χ1v) is 7.87. The van der Waals surface area contributed by atoms with Crippen LogP contribution in [0, 0.1) is 5.82 Å². The number of aryl methyl sites for hydroxylation is 1. The fraction of sp³-hybridized carbons (Fsp3) is 0.0909. The van der Waals surface area contributed by atoms with E-state index in [2.05, 4.69) is 14.8 Å². The molecule has 0 atom stereocenters. The molecule has 0 aliphatic carbocycles. The van der Waals surface area contributed by atoms with E-state index in [0.29, 0.717) is 10.9 Å². The molecule has 0 aliphatic heterocycles. The van der Waals surface area contributed by atoms with Gasteiger partial charge >= 0.3 is 0 Å². The van der Waals surface area contributed by atoms with Gasteiger partial charge in [-0.05, 0) is 6.07 Å². The van der Waals surface area contributed by atoms with E-state index in [0.717, 1.165) is 17.4 Å². The highest BCUT2D eigenvalue weighted by Crippen LogP contribution is 2.24. The van der Waals surface area contributed by atoms with Crippen LogP contribution in [-0.2, 0) is 17.1 Å². The van der Waals surface area contributed by atoms with Gasteiger partial charge in [0, 0.05) is 30.1 Å². The molecular formula is C11H9FN4O2S2. The highest BCUT2D eigenvalue weighted by Gasteiger charge is 2.21. The third-order valence-electron chi connectivity index (χ3n) is 2.74. The Morgan fingerprint density at radius 1 is 1.40 bits per heavy atom. The minimum atomic E-state index is -4.01. The van der Waals surface area contributed by atoms with Crippen LogP contribution in [0.1, 0.15) is 0 Å². The van der Waals surface area contributed by atoms with Crippen molar-refractivity contribution in [3.05, 3.63) is 35.7 Å². The van der Waals surface area contributed by atoms with Gasteiger partial charge in [-0.2, -0.15) is 5.10 Å². The SMILES string of the molecule is Cn1ncc2cc(S(=O)(=O)Nc3nccs3)c(F)cc21.